The fourth-order valence-corrected chi connectivity index (χ4v) is 2.27. The summed E-state index contributed by atoms with van der Waals surface area (Å²) in [6.07, 6.45) is 7.05. The van der Waals surface area contributed by atoms with Crippen molar-refractivity contribution in [3.63, 3.8) is 0 Å². The molecule has 2 heterocycles. The van der Waals surface area contributed by atoms with Crippen LogP contribution in [-0.4, -0.2) is 25.0 Å². The topological polar surface area (TPSA) is 64.7 Å². The van der Waals surface area contributed by atoms with Gasteiger partial charge in [0, 0.05) is 43.9 Å². The van der Waals surface area contributed by atoms with Crippen LogP contribution in [0.1, 0.15) is 13.3 Å². The van der Waals surface area contributed by atoms with E-state index in [9.17, 15) is 9.18 Å². The van der Waals surface area contributed by atoms with Crippen molar-refractivity contribution in [2.75, 3.05) is 5.32 Å². The number of halogens is 1. The van der Waals surface area contributed by atoms with Crippen LogP contribution in [0.15, 0.2) is 43.0 Å². The van der Waals surface area contributed by atoms with Gasteiger partial charge in [-0.2, -0.15) is 0 Å². The number of aromatic nitrogens is 4. The highest BCUT2D eigenvalue weighted by Crippen LogP contribution is 2.24. The first kappa shape index (κ1) is 15.0. The van der Waals surface area contributed by atoms with Crippen LogP contribution in [0.5, 0.6) is 0 Å². The molecule has 1 N–H and O–H groups in total. The highest BCUT2D eigenvalue weighted by molar-refractivity contribution is 5.90. The van der Waals surface area contributed by atoms with Crippen LogP contribution in [0, 0.1) is 5.82 Å². The Morgan fingerprint density at radius 3 is 2.65 bits per heavy atom. The number of imidazole rings is 2. The van der Waals surface area contributed by atoms with E-state index in [1.807, 2.05) is 7.05 Å². The van der Waals surface area contributed by atoms with Crippen molar-refractivity contribution in [3.8, 4) is 17.3 Å². The molecular formula is C16H16FN5O. The molecule has 0 spiro atoms. The first-order valence-electron chi connectivity index (χ1n) is 7.21. The molecule has 1 amide bonds. The van der Waals surface area contributed by atoms with E-state index in [1.54, 1.807) is 46.9 Å². The molecule has 7 heteroatoms. The summed E-state index contributed by atoms with van der Waals surface area (Å²) in [5, 5.41) is 2.73. The number of nitrogens with one attached hydrogen (secondary N) is 1. The Morgan fingerprint density at radius 2 is 1.96 bits per heavy atom. The van der Waals surface area contributed by atoms with Gasteiger partial charge in [0.25, 0.3) is 0 Å². The summed E-state index contributed by atoms with van der Waals surface area (Å²) in [4.78, 5) is 20.0. The van der Waals surface area contributed by atoms with Crippen molar-refractivity contribution in [2.45, 2.75) is 13.3 Å². The molecule has 0 fully saturated rings. The minimum absolute atomic E-state index is 0.127. The zero-order chi connectivity index (χ0) is 16.4. The number of amides is 1. The molecule has 0 aliphatic rings. The second kappa shape index (κ2) is 6.04. The van der Waals surface area contributed by atoms with Gasteiger partial charge < -0.3 is 9.88 Å². The Bertz CT molecular complexity index is 852. The number of aryl methyl sites for hydroxylation is 1. The summed E-state index contributed by atoms with van der Waals surface area (Å²) >= 11 is 0. The molecule has 2 aromatic heterocycles. The van der Waals surface area contributed by atoms with Gasteiger partial charge in [0.1, 0.15) is 5.82 Å². The predicted molar refractivity (Wildman–Crippen MR) is 84.6 cm³/mol. The highest BCUT2D eigenvalue weighted by atomic mass is 19.1. The van der Waals surface area contributed by atoms with Gasteiger partial charge in [-0.3, -0.25) is 9.36 Å². The van der Waals surface area contributed by atoms with E-state index in [-0.39, 0.29) is 5.91 Å². The minimum Gasteiger partial charge on any atom is -0.331 e. The van der Waals surface area contributed by atoms with Crippen LogP contribution < -0.4 is 5.32 Å². The number of hydrogen-bond acceptors (Lipinski definition) is 3. The Hall–Kier alpha value is -2.96. The molecule has 0 radical (unpaired) electrons. The third kappa shape index (κ3) is 2.85. The maximum Gasteiger partial charge on any atom is 0.224 e. The smallest absolute Gasteiger partial charge is 0.224 e. The average molecular weight is 313 g/mol. The van der Waals surface area contributed by atoms with E-state index in [0.717, 1.165) is 0 Å². The van der Waals surface area contributed by atoms with Crippen molar-refractivity contribution in [3.05, 3.63) is 48.8 Å². The summed E-state index contributed by atoms with van der Waals surface area (Å²) in [6, 6.07) is 4.43. The molecule has 118 valence electrons. The lowest BCUT2D eigenvalue weighted by molar-refractivity contribution is -0.115. The van der Waals surface area contributed by atoms with Gasteiger partial charge in [0.2, 0.25) is 5.91 Å². The van der Waals surface area contributed by atoms with Gasteiger partial charge in [-0.25, -0.2) is 14.4 Å². The lowest BCUT2D eigenvalue weighted by Crippen LogP contribution is -2.10. The summed E-state index contributed by atoms with van der Waals surface area (Å²) in [6.45, 7) is 1.76. The van der Waals surface area contributed by atoms with Crippen molar-refractivity contribution in [1.29, 1.82) is 0 Å². The fraction of sp³-hybridized carbons (Fsp3) is 0.188. The number of rotatable bonds is 4. The zero-order valence-electron chi connectivity index (χ0n) is 12.8. The molecule has 6 nitrogen and oxygen atoms in total. The fourth-order valence-electron chi connectivity index (χ4n) is 2.27. The number of anilines is 1. The molecule has 0 bridgehead atoms. The van der Waals surface area contributed by atoms with Gasteiger partial charge in [-0.05, 0) is 18.2 Å². The maximum atomic E-state index is 14.3. The molecule has 1 aromatic carbocycles. The molecular weight excluding hydrogens is 297 g/mol. The number of carbonyl (C=O) groups excluding carboxylic acids is 1. The third-order valence-electron chi connectivity index (χ3n) is 3.47. The highest BCUT2D eigenvalue weighted by Gasteiger charge is 2.15. The van der Waals surface area contributed by atoms with Crippen molar-refractivity contribution in [2.24, 2.45) is 7.05 Å². The first-order chi connectivity index (χ1) is 11.1. The van der Waals surface area contributed by atoms with Gasteiger partial charge in [0.05, 0.1) is 5.69 Å². The van der Waals surface area contributed by atoms with Crippen LogP contribution in [0.3, 0.4) is 0 Å². The zero-order valence-corrected chi connectivity index (χ0v) is 12.8. The molecule has 0 unspecified atom stereocenters. The first-order valence-corrected chi connectivity index (χ1v) is 7.21. The SMILES string of the molecule is CCC(=O)Nc1ccc(F)c(-n2ccnc2-c2nccn2C)c1. The quantitative estimate of drug-likeness (QED) is 0.805. The number of hydrogen-bond donors (Lipinski definition) is 1. The van der Waals surface area contributed by atoms with Crippen LogP contribution in [0.4, 0.5) is 10.1 Å². The molecule has 0 atom stereocenters. The van der Waals surface area contributed by atoms with Crippen LogP contribution in [-0.2, 0) is 11.8 Å². The second-order valence-electron chi connectivity index (χ2n) is 5.05. The molecule has 23 heavy (non-hydrogen) atoms. The van der Waals surface area contributed by atoms with Crippen LogP contribution >= 0.6 is 0 Å². The summed E-state index contributed by atoms with van der Waals surface area (Å²) in [5.74, 6) is 0.609. The van der Waals surface area contributed by atoms with E-state index in [0.29, 0.717) is 29.4 Å². The number of benzene rings is 1. The Kier molecular flexibility index (Phi) is 3.92. The van der Waals surface area contributed by atoms with Gasteiger partial charge >= 0.3 is 0 Å². The predicted octanol–water partition coefficient (Wildman–Crippen LogP) is 2.76. The van der Waals surface area contributed by atoms with E-state index in [4.69, 9.17) is 0 Å². The standard InChI is InChI=1S/C16H16FN5O/c1-3-14(23)20-11-4-5-12(17)13(10-11)22-9-7-19-16(22)15-18-6-8-21(15)2/h4-10H,3H2,1-2H3,(H,20,23). The van der Waals surface area contributed by atoms with E-state index in [1.165, 1.54) is 12.1 Å². The maximum absolute atomic E-state index is 14.3. The normalized spacial score (nSPS) is 10.7. The van der Waals surface area contributed by atoms with E-state index < -0.39 is 5.82 Å². The van der Waals surface area contributed by atoms with Crippen molar-refractivity contribution in [1.82, 2.24) is 19.1 Å². The minimum atomic E-state index is -0.409. The lowest BCUT2D eigenvalue weighted by Gasteiger charge is -2.11. The summed E-state index contributed by atoms with van der Waals surface area (Å²) in [5.41, 5.74) is 0.835. The van der Waals surface area contributed by atoms with Crippen LogP contribution in [0.25, 0.3) is 17.3 Å². The molecule has 0 saturated heterocycles. The van der Waals surface area contributed by atoms with Gasteiger partial charge in [-0.1, -0.05) is 6.92 Å². The molecule has 0 saturated carbocycles. The average Bonchev–Trinajstić information content (AvgIpc) is 3.17. The number of carbonyl (C=O) groups is 1. The molecule has 3 rings (SSSR count). The van der Waals surface area contributed by atoms with Gasteiger partial charge in [-0.15, -0.1) is 0 Å². The Morgan fingerprint density at radius 1 is 1.22 bits per heavy atom. The van der Waals surface area contributed by atoms with Gasteiger partial charge in [0.15, 0.2) is 11.6 Å². The Balaban J connectivity index is 2.06. The monoisotopic (exact) mass is 313 g/mol. The van der Waals surface area contributed by atoms with Crippen LogP contribution in [0.2, 0.25) is 0 Å². The van der Waals surface area contributed by atoms with E-state index >= 15 is 0 Å². The molecule has 0 aliphatic heterocycles. The second-order valence-corrected chi connectivity index (χ2v) is 5.05. The Labute approximate surface area is 132 Å². The largest absolute Gasteiger partial charge is 0.331 e. The van der Waals surface area contributed by atoms with E-state index in [2.05, 4.69) is 15.3 Å². The summed E-state index contributed by atoms with van der Waals surface area (Å²) < 4.78 is 17.7. The van der Waals surface area contributed by atoms with Crippen molar-refractivity contribution >= 4 is 11.6 Å². The van der Waals surface area contributed by atoms with Crippen molar-refractivity contribution < 1.29 is 9.18 Å². The lowest BCUT2D eigenvalue weighted by atomic mass is 10.2. The summed E-state index contributed by atoms with van der Waals surface area (Å²) in [7, 11) is 1.84. The number of nitrogens with zero attached hydrogens (tertiary/aromatic N) is 4. The third-order valence-corrected chi connectivity index (χ3v) is 3.47. The molecule has 0 aliphatic carbocycles. The molecule has 3 aromatic rings.